The van der Waals surface area contributed by atoms with Crippen LogP contribution >= 0.6 is 11.8 Å². The number of benzene rings is 3. The van der Waals surface area contributed by atoms with Crippen LogP contribution in [0.25, 0.3) is 11.1 Å². The van der Waals surface area contributed by atoms with Gasteiger partial charge in [-0.3, -0.25) is 9.59 Å². The molecule has 10 heteroatoms. The number of amides is 2. The minimum absolute atomic E-state index is 0.0336. The van der Waals surface area contributed by atoms with Crippen LogP contribution in [0.2, 0.25) is 0 Å². The molecule has 0 aromatic heterocycles. The van der Waals surface area contributed by atoms with Gasteiger partial charge in [0.1, 0.15) is 5.37 Å². The van der Waals surface area contributed by atoms with Crippen molar-refractivity contribution < 1.29 is 18.0 Å². The van der Waals surface area contributed by atoms with E-state index < -0.39 is 21.4 Å². The molecule has 3 atom stereocenters. The lowest BCUT2D eigenvalue weighted by atomic mass is 9.85. The van der Waals surface area contributed by atoms with E-state index in [1.165, 1.54) is 16.1 Å². The molecule has 0 spiro atoms. The maximum atomic E-state index is 13.8. The maximum Gasteiger partial charge on any atom is 0.249 e. The summed E-state index contributed by atoms with van der Waals surface area (Å²) in [5.41, 5.74) is 9.03. The van der Waals surface area contributed by atoms with Gasteiger partial charge < -0.3 is 16.0 Å². The summed E-state index contributed by atoms with van der Waals surface area (Å²) in [6.07, 6.45) is 1.42. The quantitative estimate of drug-likeness (QED) is 0.365. The van der Waals surface area contributed by atoms with Gasteiger partial charge in [-0.2, -0.15) is 4.31 Å². The van der Waals surface area contributed by atoms with Crippen LogP contribution in [0, 0.1) is 11.8 Å². The Morgan fingerprint density at radius 3 is 2.05 bits per heavy atom. The van der Waals surface area contributed by atoms with Crippen molar-refractivity contribution in [3.05, 3.63) is 90.5 Å². The first-order valence-electron chi connectivity index (χ1n) is 14.9. The van der Waals surface area contributed by atoms with Gasteiger partial charge in [0.25, 0.3) is 0 Å². The van der Waals surface area contributed by atoms with Crippen LogP contribution in [0.4, 0.5) is 0 Å². The largest absolute Gasteiger partial charge is 0.347 e. The lowest BCUT2D eigenvalue weighted by Crippen LogP contribution is -2.51. The molecule has 0 bridgehead atoms. The Morgan fingerprint density at radius 2 is 1.44 bits per heavy atom. The van der Waals surface area contributed by atoms with Crippen LogP contribution in [0.3, 0.4) is 0 Å². The van der Waals surface area contributed by atoms with Crippen LogP contribution in [0.5, 0.6) is 0 Å². The summed E-state index contributed by atoms with van der Waals surface area (Å²) in [4.78, 5) is 28.7. The highest BCUT2D eigenvalue weighted by Gasteiger charge is 2.42. The molecular formula is C33H40N4O4S2. The van der Waals surface area contributed by atoms with Gasteiger partial charge in [-0.25, -0.2) is 8.42 Å². The molecule has 0 saturated carbocycles. The van der Waals surface area contributed by atoms with E-state index in [1.807, 2.05) is 79.4 Å². The summed E-state index contributed by atoms with van der Waals surface area (Å²) in [6, 6.07) is 25.6. The topological polar surface area (TPSA) is 113 Å². The molecule has 2 saturated heterocycles. The van der Waals surface area contributed by atoms with Crippen molar-refractivity contribution in [1.82, 2.24) is 14.5 Å². The molecule has 2 aliphatic rings. The van der Waals surface area contributed by atoms with Crippen molar-refractivity contribution in [1.29, 1.82) is 0 Å². The molecule has 43 heavy (non-hydrogen) atoms. The Morgan fingerprint density at radius 1 is 0.860 bits per heavy atom. The second-order valence-corrected chi connectivity index (χ2v) is 14.6. The number of carbonyl (C=O) groups is 2. The predicted molar refractivity (Wildman–Crippen MR) is 171 cm³/mol. The summed E-state index contributed by atoms with van der Waals surface area (Å²) in [5, 5.41) is 2.36. The number of nitrogens with two attached hydrogens (primary N) is 1. The summed E-state index contributed by atoms with van der Waals surface area (Å²) >= 11 is 1.34. The van der Waals surface area contributed by atoms with Crippen molar-refractivity contribution in [2.45, 2.75) is 49.0 Å². The van der Waals surface area contributed by atoms with E-state index in [-0.39, 0.29) is 41.1 Å². The zero-order chi connectivity index (χ0) is 30.6. The van der Waals surface area contributed by atoms with Crippen molar-refractivity contribution in [2.75, 3.05) is 25.4 Å². The fourth-order valence-corrected chi connectivity index (χ4v) is 8.88. The van der Waals surface area contributed by atoms with Crippen LogP contribution in [0.1, 0.15) is 38.3 Å². The first kappa shape index (κ1) is 31.3. The predicted octanol–water partition coefficient (Wildman–Crippen LogP) is 4.50. The van der Waals surface area contributed by atoms with Gasteiger partial charge in [-0.1, -0.05) is 86.6 Å². The highest BCUT2D eigenvalue weighted by molar-refractivity contribution is 8.02. The Hall–Kier alpha value is -3.18. The standard InChI is InChI=1S/C33H40N4O4S2/c1-23(2)29(34)32(39)36-19-17-27(18-20-36)30(26-11-7-4-8-12-26)35-31(38)33-37(21-22-42-33)43(40,41)28-15-13-25(14-16-28)24-9-5-3-6-10-24/h3-16,23,27,29-30,33H,17-22,34H2,1-2H3,(H,35,38)/t29-,30?,33?/m0/s1. The third-order valence-corrected chi connectivity index (χ3v) is 11.6. The van der Waals surface area contributed by atoms with E-state index in [4.69, 9.17) is 5.73 Å². The smallest absolute Gasteiger partial charge is 0.249 e. The number of rotatable bonds is 9. The Balaban J connectivity index is 1.31. The maximum absolute atomic E-state index is 13.8. The average Bonchev–Trinajstić information content (AvgIpc) is 3.55. The van der Waals surface area contributed by atoms with Gasteiger partial charge >= 0.3 is 0 Å². The van der Waals surface area contributed by atoms with Crippen molar-refractivity contribution in [2.24, 2.45) is 17.6 Å². The first-order chi connectivity index (χ1) is 20.7. The van der Waals surface area contributed by atoms with Crippen molar-refractivity contribution in [3.63, 3.8) is 0 Å². The fraction of sp³-hybridized carbons (Fsp3) is 0.394. The molecule has 2 heterocycles. The summed E-state index contributed by atoms with van der Waals surface area (Å²) < 4.78 is 28.8. The number of piperidine rings is 1. The Kier molecular flexibility index (Phi) is 9.91. The SMILES string of the molecule is CC(C)[C@H](N)C(=O)N1CCC(C(NC(=O)C2SCCN2S(=O)(=O)c2ccc(-c3ccccc3)cc2)c2ccccc2)CC1. The zero-order valence-electron chi connectivity index (χ0n) is 24.6. The molecule has 228 valence electrons. The van der Waals surface area contributed by atoms with E-state index in [2.05, 4.69) is 5.32 Å². The van der Waals surface area contributed by atoms with Crippen LogP contribution in [-0.2, 0) is 19.6 Å². The Labute approximate surface area is 259 Å². The zero-order valence-corrected chi connectivity index (χ0v) is 26.3. The molecule has 0 aliphatic carbocycles. The molecule has 5 rings (SSSR count). The molecule has 2 fully saturated rings. The van der Waals surface area contributed by atoms with E-state index in [9.17, 15) is 18.0 Å². The minimum Gasteiger partial charge on any atom is -0.347 e. The second kappa shape index (κ2) is 13.6. The lowest BCUT2D eigenvalue weighted by molar-refractivity contribution is -0.135. The van der Waals surface area contributed by atoms with Gasteiger partial charge in [0.15, 0.2) is 0 Å². The summed E-state index contributed by atoms with van der Waals surface area (Å²) in [5.74, 6) is 0.334. The number of hydrogen-bond acceptors (Lipinski definition) is 6. The highest BCUT2D eigenvalue weighted by Crippen LogP contribution is 2.35. The number of nitrogens with zero attached hydrogens (tertiary/aromatic N) is 2. The Bertz CT molecular complexity index is 1490. The number of thioether (sulfide) groups is 1. The van der Waals surface area contributed by atoms with Crippen molar-refractivity contribution in [3.8, 4) is 11.1 Å². The minimum atomic E-state index is -3.89. The van der Waals surface area contributed by atoms with Gasteiger partial charge in [0.2, 0.25) is 21.8 Å². The molecule has 0 radical (unpaired) electrons. The van der Waals surface area contributed by atoms with Crippen molar-refractivity contribution >= 4 is 33.6 Å². The molecule has 2 amide bonds. The van der Waals surface area contributed by atoms with E-state index in [0.717, 1.165) is 16.7 Å². The van der Waals surface area contributed by atoms with Gasteiger partial charge in [0.05, 0.1) is 17.0 Å². The number of likely N-dealkylation sites (tertiary alicyclic amines) is 1. The van der Waals surface area contributed by atoms with E-state index in [1.54, 1.807) is 24.3 Å². The van der Waals surface area contributed by atoms with E-state index >= 15 is 0 Å². The molecular weight excluding hydrogens is 581 g/mol. The lowest BCUT2D eigenvalue weighted by Gasteiger charge is -2.38. The summed E-state index contributed by atoms with van der Waals surface area (Å²) in [6.45, 7) is 5.29. The van der Waals surface area contributed by atoms with Gasteiger partial charge in [-0.15, -0.1) is 11.8 Å². The molecule has 8 nitrogen and oxygen atoms in total. The number of sulfonamides is 1. The van der Waals surface area contributed by atoms with Gasteiger partial charge in [-0.05, 0) is 53.5 Å². The van der Waals surface area contributed by atoms with Gasteiger partial charge in [0, 0.05) is 25.4 Å². The van der Waals surface area contributed by atoms with E-state index in [0.29, 0.717) is 31.7 Å². The fourth-order valence-electron chi connectivity index (χ4n) is 5.80. The van der Waals surface area contributed by atoms with Crippen LogP contribution in [0.15, 0.2) is 89.8 Å². The number of carbonyl (C=O) groups excluding carboxylic acids is 2. The molecule has 3 aromatic rings. The average molecular weight is 621 g/mol. The normalized spacial score (nSPS) is 19.7. The number of nitrogens with one attached hydrogen (secondary N) is 1. The van der Waals surface area contributed by atoms with Crippen LogP contribution in [-0.4, -0.2) is 66.2 Å². The highest BCUT2D eigenvalue weighted by atomic mass is 32.2. The third-order valence-electron chi connectivity index (χ3n) is 8.42. The van der Waals surface area contributed by atoms with Crippen LogP contribution < -0.4 is 11.1 Å². The summed E-state index contributed by atoms with van der Waals surface area (Å²) in [7, 11) is -3.89. The third kappa shape index (κ3) is 6.98. The molecule has 3 aromatic carbocycles. The molecule has 2 aliphatic heterocycles. The number of hydrogen-bond donors (Lipinski definition) is 2. The first-order valence-corrected chi connectivity index (χ1v) is 17.3. The monoisotopic (exact) mass is 620 g/mol. The molecule has 3 N–H and O–H groups in total. The molecule has 2 unspecified atom stereocenters. The second-order valence-electron chi connectivity index (χ2n) is 11.6.